The maximum atomic E-state index is 13.1. The zero-order valence-electron chi connectivity index (χ0n) is 25.4. The molecule has 1 amide bonds. The predicted octanol–water partition coefficient (Wildman–Crippen LogP) is 6.94. The number of benzene rings is 3. The first-order valence-corrected chi connectivity index (χ1v) is 16.0. The summed E-state index contributed by atoms with van der Waals surface area (Å²) in [6.45, 7) is 8.06. The monoisotopic (exact) mass is 601 g/mol. The number of carbonyl (C=O) groups excluding carboxylic acids is 1. The van der Waals surface area contributed by atoms with E-state index >= 15 is 0 Å². The molecular formula is C35H44ClN5O2. The van der Waals surface area contributed by atoms with Crippen LogP contribution in [0, 0.1) is 0 Å². The van der Waals surface area contributed by atoms with E-state index in [4.69, 9.17) is 21.3 Å². The van der Waals surface area contributed by atoms with Gasteiger partial charge in [0, 0.05) is 62.4 Å². The number of likely N-dealkylation sites (tertiary alicyclic amines) is 1. The SMILES string of the molecule is CCCOCCn1c(NC2CCN(CCC(CN(C)C(=O)c3ccccc3)c3cccc(Cl)c3)CC2)nc2ccccc21. The minimum absolute atomic E-state index is 0.0439. The molecule has 43 heavy (non-hydrogen) atoms. The Morgan fingerprint density at radius 3 is 2.56 bits per heavy atom. The molecule has 0 saturated carbocycles. The largest absolute Gasteiger partial charge is 0.380 e. The highest BCUT2D eigenvalue weighted by Gasteiger charge is 2.24. The normalized spacial score (nSPS) is 15.0. The molecule has 8 heteroatoms. The van der Waals surface area contributed by atoms with Crippen LogP contribution in [0.2, 0.25) is 5.02 Å². The summed E-state index contributed by atoms with van der Waals surface area (Å²) < 4.78 is 8.06. The number of anilines is 1. The Hall–Kier alpha value is -3.39. The molecule has 1 aliphatic heterocycles. The van der Waals surface area contributed by atoms with E-state index in [0.717, 1.165) is 80.5 Å². The number of rotatable bonds is 14. The van der Waals surface area contributed by atoms with Crippen LogP contribution in [0.5, 0.6) is 0 Å². The number of fused-ring (bicyclic) bond motifs is 1. The van der Waals surface area contributed by atoms with Crippen LogP contribution in [0.3, 0.4) is 0 Å². The molecule has 1 fully saturated rings. The zero-order valence-corrected chi connectivity index (χ0v) is 26.2. The van der Waals surface area contributed by atoms with Crippen LogP contribution < -0.4 is 5.32 Å². The molecule has 1 atom stereocenters. The smallest absolute Gasteiger partial charge is 0.253 e. The quantitative estimate of drug-likeness (QED) is 0.159. The maximum Gasteiger partial charge on any atom is 0.253 e. The van der Waals surface area contributed by atoms with Crippen LogP contribution in [-0.2, 0) is 11.3 Å². The number of halogens is 1. The number of hydrogen-bond donors (Lipinski definition) is 1. The lowest BCUT2D eigenvalue weighted by atomic mass is 9.94. The Labute approximate surface area is 260 Å². The minimum Gasteiger partial charge on any atom is -0.380 e. The van der Waals surface area contributed by atoms with E-state index in [1.807, 2.05) is 66.5 Å². The number of carbonyl (C=O) groups is 1. The van der Waals surface area contributed by atoms with E-state index < -0.39 is 0 Å². The molecule has 7 nitrogen and oxygen atoms in total. The highest BCUT2D eigenvalue weighted by Crippen LogP contribution is 2.27. The molecule has 1 aliphatic rings. The Bertz CT molecular complexity index is 1450. The van der Waals surface area contributed by atoms with Gasteiger partial charge in [-0.2, -0.15) is 0 Å². The summed E-state index contributed by atoms with van der Waals surface area (Å²) in [5.41, 5.74) is 4.05. The number of amides is 1. The van der Waals surface area contributed by atoms with Crippen molar-refractivity contribution >= 4 is 34.5 Å². The molecule has 0 spiro atoms. The summed E-state index contributed by atoms with van der Waals surface area (Å²) in [5.74, 6) is 1.18. The molecule has 1 saturated heterocycles. The fraction of sp³-hybridized carbons (Fsp3) is 0.429. The first kappa shape index (κ1) is 31.0. The number of nitrogens with zero attached hydrogens (tertiary/aromatic N) is 4. The maximum absolute atomic E-state index is 13.1. The highest BCUT2D eigenvalue weighted by atomic mass is 35.5. The van der Waals surface area contributed by atoms with Gasteiger partial charge in [0.1, 0.15) is 0 Å². The van der Waals surface area contributed by atoms with E-state index in [1.165, 1.54) is 5.56 Å². The number of nitrogens with one attached hydrogen (secondary N) is 1. The molecule has 1 unspecified atom stereocenters. The molecule has 4 aromatic rings. The second-order valence-electron chi connectivity index (χ2n) is 11.5. The van der Waals surface area contributed by atoms with Gasteiger partial charge in [0.2, 0.25) is 5.95 Å². The van der Waals surface area contributed by atoms with Gasteiger partial charge in [-0.15, -0.1) is 0 Å². The fourth-order valence-corrected chi connectivity index (χ4v) is 6.17. The van der Waals surface area contributed by atoms with Gasteiger partial charge in [0.15, 0.2) is 0 Å². The van der Waals surface area contributed by atoms with E-state index in [-0.39, 0.29) is 11.8 Å². The van der Waals surface area contributed by atoms with Crippen molar-refractivity contribution in [3.8, 4) is 0 Å². The van der Waals surface area contributed by atoms with Gasteiger partial charge < -0.3 is 24.4 Å². The van der Waals surface area contributed by atoms with Gasteiger partial charge in [-0.1, -0.05) is 61.0 Å². The average molecular weight is 602 g/mol. The predicted molar refractivity (Wildman–Crippen MR) is 176 cm³/mol. The van der Waals surface area contributed by atoms with Gasteiger partial charge in [-0.3, -0.25) is 4.79 Å². The van der Waals surface area contributed by atoms with Crippen molar-refractivity contribution in [2.75, 3.05) is 51.8 Å². The molecule has 0 aliphatic carbocycles. The second-order valence-corrected chi connectivity index (χ2v) is 12.0. The number of para-hydroxylation sites is 2. The van der Waals surface area contributed by atoms with Crippen LogP contribution >= 0.6 is 11.6 Å². The first-order chi connectivity index (χ1) is 21.0. The average Bonchev–Trinajstić information content (AvgIpc) is 3.38. The topological polar surface area (TPSA) is 62.6 Å². The van der Waals surface area contributed by atoms with Crippen LogP contribution in [0.15, 0.2) is 78.9 Å². The summed E-state index contributed by atoms with van der Waals surface area (Å²) in [5, 5.41) is 4.49. The third kappa shape index (κ3) is 8.37. The van der Waals surface area contributed by atoms with Gasteiger partial charge in [0.05, 0.1) is 17.6 Å². The third-order valence-electron chi connectivity index (χ3n) is 8.36. The van der Waals surface area contributed by atoms with Crippen LogP contribution in [0.1, 0.15) is 54.4 Å². The minimum atomic E-state index is 0.0439. The lowest BCUT2D eigenvalue weighted by molar-refractivity contribution is 0.0782. The van der Waals surface area contributed by atoms with Gasteiger partial charge in [0.25, 0.3) is 5.91 Å². The Balaban J connectivity index is 1.18. The van der Waals surface area contributed by atoms with Crippen molar-refractivity contribution in [3.05, 3.63) is 95.0 Å². The number of piperidine rings is 1. The van der Waals surface area contributed by atoms with Crippen molar-refractivity contribution in [3.63, 3.8) is 0 Å². The molecule has 1 N–H and O–H groups in total. The summed E-state index contributed by atoms with van der Waals surface area (Å²) >= 11 is 6.38. The number of ether oxygens (including phenoxy) is 1. The number of likely N-dealkylation sites (N-methyl/N-ethyl adjacent to an activating group) is 1. The Morgan fingerprint density at radius 1 is 1.02 bits per heavy atom. The Kier molecular flexibility index (Phi) is 11.1. The molecule has 3 aromatic carbocycles. The Morgan fingerprint density at radius 2 is 1.79 bits per heavy atom. The van der Waals surface area contributed by atoms with Crippen molar-refractivity contribution < 1.29 is 9.53 Å². The van der Waals surface area contributed by atoms with Gasteiger partial charge in [-0.05, 0) is 74.2 Å². The van der Waals surface area contributed by atoms with E-state index in [9.17, 15) is 4.79 Å². The van der Waals surface area contributed by atoms with Crippen LogP contribution in [0.4, 0.5) is 5.95 Å². The van der Waals surface area contributed by atoms with Gasteiger partial charge in [-0.25, -0.2) is 4.98 Å². The lowest BCUT2D eigenvalue weighted by Crippen LogP contribution is -2.40. The molecule has 5 rings (SSSR count). The fourth-order valence-electron chi connectivity index (χ4n) is 5.97. The number of aromatic nitrogens is 2. The number of imidazole rings is 1. The molecule has 2 heterocycles. The molecule has 1 aromatic heterocycles. The second kappa shape index (κ2) is 15.4. The lowest BCUT2D eigenvalue weighted by Gasteiger charge is -2.34. The number of hydrogen-bond acceptors (Lipinski definition) is 5. The van der Waals surface area contributed by atoms with E-state index in [2.05, 4.69) is 46.0 Å². The first-order valence-electron chi connectivity index (χ1n) is 15.6. The van der Waals surface area contributed by atoms with Crippen LogP contribution in [-0.4, -0.2) is 77.7 Å². The molecule has 0 bridgehead atoms. The van der Waals surface area contributed by atoms with E-state index in [1.54, 1.807) is 0 Å². The standard InChI is InChI=1S/C35H44ClN5O2/c1-3-23-43-24-22-41-33-15-8-7-14-32(33)38-35(41)37-31-17-20-40(21-18-31)19-16-29(28-12-9-13-30(36)25-28)26-39(2)34(42)27-10-5-4-6-11-27/h4-15,25,29,31H,3,16-24,26H2,1-2H3,(H,37,38). The van der Waals surface area contributed by atoms with E-state index in [0.29, 0.717) is 24.8 Å². The third-order valence-corrected chi connectivity index (χ3v) is 8.59. The molecule has 0 radical (unpaired) electrons. The van der Waals surface area contributed by atoms with Crippen molar-refractivity contribution in [1.82, 2.24) is 19.4 Å². The molecule has 228 valence electrons. The van der Waals surface area contributed by atoms with Crippen molar-refractivity contribution in [1.29, 1.82) is 0 Å². The summed E-state index contributed by atoms with van der Waals surface area (Å²) in [6, 6.07) is 26.3. The van der Waals surface area contributed by atoms with Crippen LogP contribution in [0.25, 0.3) is 11.0 Å². The summed E-state index contributed by atoms with van der Waals surface area (Å²) in [4.78, 5) is 22.4. The molecular weight excluding hydrogens is 558 g/mol. The van der Waals surface area contributed by atoms with Crippen molar-refractivity contribution in [2.24, 2.45) is 0 Å². The summed E-state index contributed by atoms with van der Waals surface area (Å²) in [7, 11) is 1.90. The highest BCUT2D eigenvalue weighted by molar-refractivity contribution is 6.30. The van der Waals surface area contributed by atoms with Gasteiger partial charge >= 0.3 is 0 Å². The zero-order chi connectivity index (χ0) is 30.0. The van der Waals surface area contributed by atoms with Crippen molar-refractivity contribution in [2.45, 2.75) is 51.1 Å². The summed E-state index contributed by atoms with van der Waals surface area (Å²) in [6.07, 6.45) is 4.10.